The highest BCUT2D eigenvalue weighted by molar-refractivity contribution is 6.51. The molecular weight excluding hydrogens is 486 g/mol. The summed E-state index contributed by atoms with van der Waals surface area (Å²) in [5.41, 5.74) is 2.55. The van der Waals surface area contributed by atoms with Gasteiger partial charge in [-0.1, -0.05) is 12.1 Å². The first-order valence-electron chi connectivity index (χ1n) is 12.6. The van der Waals surface area contributed by atoms with Gasteiger partial charge in [-0.2, -0.15) is 0 Å². The molecule has 1 atom stereocenters. The molecule has 3 aromatic carbocycles. The van der Waals surface area contributed by atoms with E-state index in [1.807, 2.05) is 32.0 Å². The molecular formula is C30H27NO7. The van der Waals surface area contributed by atoms with Crippen molar-refractivity contribution in [1.29, 1.82) is 0 Å². The molecule has 1 unspecified atom stereocenters. The molecule has 6 rings (SSSR count). The number of amides is 1. The fourth-order valence-corrected chi connectivity index (χ4v) is 5.11. The van der Waals surface area contributed by atoms with Crippen molar-refractivity contribution in [3.05, 3.63) is 82.9 Å². The lowest BCUT2D eigenvalue weighted by atomic mass is 9.93. The summed E-state index contributed by atoms with van der Waals surface area (Å²) in [6.07, 6.45) is 1.67. The van der Waals surface area contributed by atoms with Gasteiger partial charge in [0.15, 0.2) is 11.5 Å². The Morgan fingerprint density at radius 1 is 0.947 bits per heavy atom. The lowest BCUT2D eigenvalue weighted by molar-refractivity contribution is -0.132. The number of hydrogen-bond acceptors (Lipinski definition) is 7. The first kappa shape index (κ1) is 23.9. The fourth-order valence-electron chi connectivity index (χ4n) is 5.11. The van der Waals surface area contributed by atoms with Crippen molar-refractivity contribution in [3.63, 3.8) is 0 Å². The number of rotatable bonds is 5. The average molecular weight is 514 g/mol. The van der Waals surface area contributed by atoms with E-state index in [4.69, 9.17) is 18.9 Å². The van der Waals surface area contributed by atoms with Crippen molar-refractivity contribution in [2.75, 3.05) is 18.3 Å². The molecule has 1 fully saturated rings. The monoisotopic (exact) mass is 513 g/mol. The molecule has 1 N–H and O–H groups in total. The van der Waals surface area contributed by atoms with Crippen molar-refractivity contribution < 1.29 is 33.6 Å². The smallest absolute Gasteiger partial charge is 0.300 e. The van der Waals surface area contributed by atoms with Crippen LogP contribution in [0.4, 0.5) is 5.69 Å². The van der Waals surface area contributed by atoms with E-state index in [-0.39, 0.29) is 24.2 Å². The summed E-state index contributed by atoms with van der Waals surface area (Å²) in [5.74, 6) is 0.754. The highest BCUT2D eigenvalue weighted by Gasteiger charge is 2.47. The van der Waals surface area contributed by atoms with Crippen LogP contribution in [0, 0.1) is 0 Å². The zero-order valence-electron chi connectivity index (χ0n) is 21.1. The van der Waals surface area contributed by atoms with E-state index in [1.54, 1.807) is 42.5 Å². The number of Topliss-reactive ketones (excluding diaryl/α,β-unsaturated/α-hetero) is 1. The highest BCUT2D eigenvalue weighted by atomic mass is 16.7. The normalized spacial score (nSPS) is 19.4. The molecule has 3 heterocycles. The molecule has 194 valence electrons. The third-order valence-corrected chi connectivity index (χ3v) is 6.83. The second kappa shape index (κ2) is 9.45. The van der Waals surface area contributed by atoms with Gasteiger partial charge in [0.1, 0.15) is 17.3 Å². The van der Waals surface area contributed by atoms with E-state index in [1.165, 1.54) is 4.90 Å². The molecule has 0 spiro atoms. The molecule has 0 bridgehead atoms. The number of benzene rings is 3. The molecule has 3 aromatic rings. The maximum atomic E-state index is 13.5. The van der Waals surface area contributed by atoms with Crippen LogP contribution in [-0.4, -0.2) is 36.3 Å². The summed E-state index contributed by atoms with van der Waals surface area (Å²) in [6, 6.07) is 16.8. The van der Waals surface area contributed by atoms with Gasteiger partial charge in [0.2, 0.25) is 6.79 Å². The Morgan fingerprint density at radius 3 is 2.50 bits per heavy atom. The second-order valence-electron chi connectivity index (χ2n) is 9.72. The minimum Gasteiger partial charge on any atom is -0.507 e. The number of nitrogens with zero attached hydrogens (tertiary/aromatic N) is 1. The summed E-state index contributed by atoms with van der Waals surface area (Å²) in [5, 5.41) is 11.5. The lowest BCUT2D eigenvalue weighted by Gasteiger charge is -2.26. The van der Waals surface area contributed by atoms with Crippen LogP contribution in [0.15, 0.2) is 66.2 Å². The zero-order chi connectivity index (χ0) is 26.4. The summed E-state index contributed by atoms with van der Waals surface area (Å²) < 4.78 is 22.4. The van der Waals surface area contributed by atoms with Gasteiger partial charge in [-0.15, -0.1) is 0 Å². The molecule has 0 saturated carbocycles. The van der Waals surface area contributed by atoms with Gasteiger partial charge in [0, 0.05) is 17.3 Å². The molecule has 3 aliphatic rings. The number of ketones is 1. The molecule has 0 aromatic heterocycles. The van der Waals surface area contributed by atoms with Crippen LogP contribution in [0.5, 0.6) is 23.0 Å². The molecule has 8 heteroatoms. The second-order valence-corrected chi connectivity index (χ2v) is 9.72. The van der Waals surface area contributed by atoms with Crippen molar-refractivity contribution in [3.8, 4) is 23.0 Å². The fraction of sp³-hybridized carbons (Fsp3) is 0.267. The van der Waals surface area contributed by atoms with E-state index >= 15 is 0 Å². The Balaban J connectivity index is 1.49. The Labute approximate surface area is 220 Å². The van der Waals surface area contributed by atoms with Crippen LogP contribution in [0.25, 0.3) is 5.76 Å². The Hall–Kier alpha value is -4.46. The van der Waals surface area contributed by atoms with Crippen LogP contribution < -0.4 is 23.8 Å². The summed E-state index contributed by atoms with van der Waals surface area (Å²) in [7, 11) is 0. The van der Waals surface area contributed by atoms with Gasteiger partial charge in [0.25, 0.3) is 11.7 Å². The first-order chi connectivity index (χ1) is 18.4. The summed E-state index contributed by atoms with van der Waals surface area (Å²) in [4.78, 5) is 28.4. The molecule has 38 heavy (non-hydrogen) atoms. The van der Waals surface area contributed by atoms with E-state index in [0.717, 1.165) is 24.2 Å². The van der Waals surface area contributed by atoms with Crippen molar-refractivity contribution in [2.24, 2.45) is 0 Å². The number of ether oxygens (including phenoxy) is 4. The summed E-state index contributed by atoms with van der Waals surface area (Å²) >= 11 is 0. The molecule has 1 amide bonds. The largest absolute Gasteiger partial charge is 0.507 e. The number of aryl methyl sites for hydroxylation is 1. The van der Waals surface area contributed by atoms with Crippen molar-refractivity contribution in [1.82, 2.24) is 0 Å². The Kier molecular flexibility index (Phi) is 5.94. The third-order valence-electron chi connectivity index (χ3n) is 6.83. The van der Waals surface area contributed by atoms with Gasteiger partial charge >= 0.3 is 0 Å². The van der Waals surface area contributed by atoms with E-state index in [0.29, 0.717) is 40.7 Å². The molecule has 1 saturated heterocycles. The van der Waals surface area contributed by atoms with Crippen LogP contribution in [-0.2, 0) is 16.0 Å². The Morgan fingerprint density at radius 2 is 1.71 bits per heavy atom. The third kappa shape index (κ3) is 4.12. The van der Waals surface area contributed by atoms with Crippen molar-refractivity contribution >= 4 is 23.1 Å². The van der Waals surface area contributed by atoms with E-state index in [2.05, 4.69) is 0 Å². The predicted octanol–water partition coefficient (Wildman–Crippen LogP) is 5.15. The van der Waals surface area contributed by atoms with Gasteiger partial charge < -0.3 is 24.1 Å². The first-order valence-corrected chi connectivity index (χ1v) is 12.6. The average Bonchev–Trinajstić information content (AvgIpc) is 3.50. The van der Waals surface area contributed by atoms with Gasteiger partial charge in [-0.3, -0.25) is 14.5 Å². The standard InChI is InChI=1S/C30H27NO7/c1-17(2)38-22-9-5-18(6-10-22)27-26(28(32)20-7-11-23-19(14-20)4-3-13-35-23)29(33)30(34)31(27)21-8-12-24-25(15-21)37-16-36-24/h5-12,14-15,17,27,32H,3-4,13,16H2,1-2H3/b28-26-. The molecule has 0 radical (unpaired) electrons. The molecule has 3 aliphatic heterocycles. The number of aliphatic hydroxyl groups is 1. The van der Waals surface area contributed by atoms with Crippen LogP contribution >= 0.6 is 0 Å². The maximum absolute atomic E-state index is 13.5. The van der Waals surface area contributed by atoms with Gasteiger partial charge in [0.05, 0.1) is 24.3 Å². The van der Waals surface area contributed by atoms with E-state index < -0.39 is 17.7 Å². The predicted molar refractivity (Wildman–Crippen MR) is 140 cm³/mol. The zero-order valence-corrected chi connectivity index (χ0v) is 21.1. The van der Waals surface area contributed by atoms with Crippen LogP contribution in [0.1, 0.15) is 43.0 Å². The quantitative estimate of drug-likeness (QED) is 0.286. The molecule has 8 nitrogen and oxygen atoms in total. The number of hydrogen-bond donors (Lipinski definition) is 1. The number of carbonyl (C=O) groups excluding carboxylic acids is 2. The van der Waals surface area contributed by atoms with Crippen molar-refractivity contribution in [2.45, 2.75) is 38.8 Å². The minimum absolute atomic E-state index is 0.00638. The number of carbonyl (C=O) groups is 2. The van der Waals surface area contributed by atoms with Gasteiger partial charge in [-0.25, -0.2) is 0 Å². The van der Waals surface area contributed by atoms with Crippen LogP contribution in [0.3, 0.4) is 0 Å². The topological polar surface area (TPSA) is 94.5 Å². The maximum Gasteiger partial charge on any atom is 0.300 e. The van der Waals surface area contributed by atoms with Crippen LogP contribution in [0.2, 0.25) is 0 Å². The summed E-state index contributed by atoms with van der Waals surface area (Å²) in [6.45, 7) is 4.61. The number of anilines is 1. The highest BCUT2D eigenvalue weighted by Crippen LogP contribution is 2.45. The number of aliphatic hydroxyl groups excluding tert-OH is 1. The van der Waals surface area contributed by atoms with Gasteiger partial charge in [-0.05, 0) is 80.3 Å². The SMILES string of the molecule is CC(C)Oc1ccc(C2/C(=C(/O)c3ccc4c(c3)CCCO4)C(=O)C(=O)N2c2ccc3c(c2)OCO3)cc1. The lowest BCUT2D eigenvalue weighted by Crippen LogP contribution is -2.29. The minimum atomic E-state index is -0.865. The number of fused-ring (bicyclic) bond motifs is 2. The Bertz CT molecular complexity index is 1460. The van der Waals surface area contributed by atoms with E-state index in [9.17, 15) is 14.7 Å². The molecule has 0 aliphatic carbocycles.